The summed E-state index contributed by atoms with van der Waals surface area (Å²) in [4.78, 5) is 21.4. The lowest BCUT2D eigenvalue weighted by Gasteiger charge is -2.33. The van der Waals surface area contributed by atoms with Crippen molar-refractivity contribution in [3.63, 3.8) is 0 Å². The molecule has 2 aliphatic rings. The third kappa shape index (κ3) is 4.04. The topological polar surface area (TPSA) is 45.7 Å². The summed E-state index contributed by atoms with van der Waals surface area (Å²) in [7, 11) is 0. The minimum absolute atomic E-state index is 0.0926. The molecule has 1 aromatic heterocycles. The van der Waals surface area contributed by atoms with Crippen molar-refractivity contribution in [2.45, 2.75) is 25.9 Å². The maximum atomic E-state index is 12.9. The highest BCUT2D eigenvalue weighted by Crippen LogP contribution is 2.38. The van der Waals surface area contributed by atoms with Gasteiger partial charge in [-0.25, -0.2) is 0 Å². The fourth-order valence-electron chi connectivity index (χ4n) is 4.36. The summed E-state index contributed by atoms with van der Waals surface area (Å²) in [5, 5.41) is 0. The Labute approximate surface area is 161 Å². The van der Waals surface area contributed by atoms with Crippen LogP contribution in [0.5, 0.6) is 0 Å². The molecule has 0 saturated carbocycles. The van der Waals surface area contributed by atoms with Gasteiger partial charge in [0.05, 0.1) is 19.3 Å². The predicted molar refractivity (Wildman–Crippen MR) is 104 cm³/mol. The van der Waals surface area contributed by atoms with Gasteiger partial charge in [0.1, 0.15) is 0 Å². The molecule has 1 spiro atoms. The number of carbonyl (C=O) groups is 1. The average Bonchev–Trinajstić information content (AvgIpc) is 2.89. The summed E-state index contributed by atoms with van der Waals surface area (Å²) in [6, 6.07) is 14.5. The van der Waals surface area contributed by atoms with E-state index in [1.54, 1.807) is 0 Å². The zero-order chi connectivity index (χ0) is 18.7. The summed E-state index contributed by atoms with van der Waals surface area (Å²) >= 11 is 0. The third-order valence-electron chi connectivity index (χ3n) is 5.78. The number of hydrogen-bond donors (Lipinski definition) is 0. The van der Waals surface area contributed by atoms with E-state index in [9.17, 15) is 4.79 Å². The number of carbonyl (C=O) groups excluding carboxylic acids is 1. The first-order valence-corrected chi connectivity index (χ1v) is 9.69. The van der Waals surface area contributed by atoms with E-state index in [-0.39, 0.29) is 17.4 Å². The standard InChI is InChI=1S/C22H27N3O2/c1-18(20-5-3-2-4-6-20)25-16-22(13-21(25)26)15-24(11-12-27-17-22)14-19-7-9-23-10-8-19/h2-10,18H,11-17H2,1H3. The molecular weight excluding hydrogens is 338 g/mol. The van der Waals surface area contributed by atoms with Crippen molar-refractivity contribution in [3.05, 3.63) is 66.0 Å². The summed E-state index contributed by atoms with van der Waals surface area (Å²) in [5.74, 6) is 0.237. The maximum Gasteiger partial charge on any atom is 0.223 e. The molecule has 3 heterocycles. The van der Waals surface area contributed by atoms with E-state index in [2.05, 4.69) is 41.1 Å². The Morgan fingerprint density at radius 2 is 1.93 bits per heavy atom. The molecule has 2 fully saturated rings. The third-order valence-corrected chi connectivity index (χ3v) is 5.78. The monoisotopic (exact) mass is 365 g/mol. The molecular formula is C22H27N3O2. The van der Waals surface area contributed by atoms with E-state index >= 15 is 0 Å². The summed E-state index contributed by atoms with van der Waals surface area (Å²) in [6.45, 7) is 6.91. The zero-order valence-corrected chi connectivity index (χ0v) is 15.9. The fraction of sp³-hybridized carbons (Fsp3) is 0.455. The molecule has 142 valence electrons. The van der Waals surface area contributed by atoms with Crippen molar-refractivity contribution in [1.82, 2.24) is 14.8 Å². The first-order chi connectivity index (χ1) is 13.2. The number of pyridine rings is 1. The van der Waals surface area contributed by atoms with Gasteiger partial charge in [0.2, 0.25) is 5.91 Å². The highest BCUT2D eigenvalue weighted by Gasteiger charge is 2.46. The van der Waals surface area contributed by atoms with Crippen LogP contribution in [0, 0.1) is 5.41 Å². The van der Waals surface area contributed by atoms with E-state index in [0.29, 0.717) is 13.0 Å². The average molecular weight is 365 g/mol. The van der Waals surface area contributed by atoms with Crippen molar-refractivity contribution in [2.24, 2.45) is 5.41 Å². The summed E-state index contributed by atoms with van der Waals surface area (Å²) in [5.41, 5.74) is 2.32. The predicted octanol–water partition coefficient (Wildman–Crippen LogP) is 2.89. The quantitative estimate of drug-likeness (QED) is 0.836. The Balaban J connectivity index is 1.49. The van der Waals surface area contributed by atoms with Crippen LogP contribution in [0.4, 0.5) is 0 Å². The van der Waals surface area contributed by atoms with Gasteiger partial charge in [0.25, 0.3) is 0 Å². The van der Waals surface area contributed by atoms with Gasteiger partial charge in [0.15, 0.2) is 0 Å². The molecule has 0 aliphatic carbocycles. The van der Waals surface area contributed by atoms with E-state index < -0.39 is 0 Å². The second kappa shape index (κ2) is 7.79. The van der Waals surface area contributed by atoms with Gasteiger partial charge in [0, 0.05) is 50.4 Å². The molecule has 27 heavy (non-hydrogen) atoms. The second-order valence-electron chi connectivity index (χ2n) is 7.90. The van der Waals surface area contributed by atoms with Crippen molar-refractivity contribution < 1.29 is 9.53 Å². The Morgan fingerprint density at radius 1 is 1.15 bits per heavy atom. The molecule has 2 atom stereocenters. The van der Waals surface area contributed by atoms with Gasteiger partial charge in [-0.1, -0.05) is 30.3 Å². The first kappa shape index (κ1) is 18.1. The smallest absolute Gasteiger partial charge is 0.223 e. The fourth-order valence-corrected chi connectivity index (χ4v) is 4.36. The second-order valence-corrected chi connectivity index (χ2v) is 7.90. The van der Waals surface area contributed by atoms with Crippen LogP contribution in [0.25, 0.3) is 0 Å². The maximum absolute atomic E-state index is 12.9. The molecule has 1 amide bonds. The first-order valence-electron chi connectivity index (χ1n) is 9.69. The summed E-state index contributed by atoms with van der Waals surface area (Å²) in [6.07, 6.45) is 4.24. The van der Waals surface area contributed by atoms with Crippen LogP contribution in [-0.2, 0) is 16.1 Å². The number of likely N-dealkylation sites (tertiary alicyclic amines) is 1. The lowest BCUT2D eigenvalue weighted by molar-refractivity contribution is -0.129. The van der Waals surface area contributed by atoms with Crippen LogP contribution in [0.1, 0.15) is 30.5 Å². The number of hydrogen-bond acceptors (Lipinski definition) is 4. The van der Waals surface area contributed by atoms with E-state index in [1.807, 2.05) is 35.5 Å². The van der Waals surface area contributed by atoms with E-state index in [1.165, 1.54) is 11.1 Å². The van der Waals surface area contributed by atoms with Crippen LogP contribution in [0.15, 0.2) is 54.9 Å². The van der Waals surface area contributed by atoms with Crippen LogP contribution in [0.3, 0.4) is 0 Å². The van der Waals surface area contributed by atoms with Gasteiger partial charge < -0.3 is 9.64 Å². The molecule has 4 rings (SSSR count). The van der Waals surface area contributed by atoms with Crippen LogP contribution < -0.4 is 0 Å². The molecule has 2 saturated heterocycles. The van der Waals surface area contributed by atoms with Crippen molar-refractivity contribution in [3.8, 4) is 0 Å². The molecule has 0 N–H and O–H groups in total. The van der Waals surface area contributed by atoms with Crippen molar-refractivity contribution in [1.29, 1.82) is 0 Å². The Kier molecular flexibility index (Phi) is 5.23. The molecule has 0 radical (unpaired) electrons. The van der Waals surface area contributed by atoms with Crippen LogP contribution in [-0.4, -0.2) is 53.5 Å². The number of nitrogens with zero attached hydrogens (tertiary/aromatic N) is 3. The Morgan fingerprint density at radius 3 is 2.70 bits per heavy atom. The van der Waals surface area contributed by atoms with Gasteiger partial charge >= 0.3 is 0 Å². The van der Waals surface area contributed by atoms with E-state index in [0.717, 1.165) is 32.8 Å². The Bertz CT molecular complexity index is 768. The molecule has 2 aliphatic heterocycles. The highest BCUT2D eigenvalue weighted by atomic mass is 16.5. The molecule has 1 aromatic carbocycles. The van der Waals surface area contributed by atoms with Crippen LogP contribution in [0.2, 0.25) is 0 Å². The zero-order valence-electron chi connectivity index (χ0n) is 15.9. The van der Waals surface area contributed by atoms with Gasteiger partial charge in [-0.15, -0.1) is 0 Å². The lowest BCUT2D eigenvalue weighted by Crippen LogP contribution is -2.40. The normalized spacial score (nSPS) is 24.9. The summed E-state index contributed by atoms with van der Waals surface area (Å²) < 4.78 is 5.95. The van der Waals surface area contributed by atoms with Crippen molar-refractivity contribution in [2.75, 3.05) is 32.8 Å². The number of rotatable bonds is 4. The molecule has 5 nitrogen and oxygen atoms in total. The molecule has 0 bridgehead atoms. The molecule has 5 heteroatoms. The number of aromatic nitrogens is 1. The van der Waals surface area contributed by atoms with Crippen LogP contribution >= 0.6 is 0 Å². The minimum Gasteiger partial charge on any atom is -0.379 e. The van der Waals surface area contributed by atoms with Gasteiger partial charge in [-0.05, 0) is 30.2 Å². The number of amides is 1. The highest BCUT2D eigenvalue weighted by molar-refractivity contribution is 5.80. The van der Waals surface area contributed by atoms with Gasteiger partial charge in [-0.2, -0.15) is 0 Å². The number of benzene rings is 1. The lowest BCUT2D eigenvalue weighted by atomic mass is 9.87. The molecule has 2 unspecified atom stereocenters. The Hall–Kier alpha value is -2.24. The largest absolute Gasteiger partial charge is 0.379 e. The number of ether oxygens (including phenoxy) is 1. The van der Waals surface area contributed by atoms with E-state index in [4.69, 9.17) is 4.74 Å². The van der Waals surface area contributed by atoms with Gasteiger partial charge in [-0.3, -0.25) is 14.7 Å². The molecule has 2 aromatic rings. The van der Waals surface area contributed by atoms with Crippen molar-refractivity contribution >= 4 is 5.91 Å². The minimum atomic E-state index is -0.121. The SMILES string of the molecule is CC(c1ccccc1)N1CC2(COCCN(Cc3ccncc3)C2)CC1=O.